The molecular formula is C19H44N4O3Si. The van der Waals surface area contributed by atoms with Gasteiger partial charge in [-0.15, -0.1) is 0 Å². The van der Waals surface area contributed by atoms with Gasteiger partial charge in [-0.2, -0.15) is 0 Å². The Balaban J connectivity index is 2.86. The highest BCUT2D eigenvalue weighted by molar-refractivity contribution is 6.62. The van der Waals surface area contributed by atoms with Gasteiger partial charge in [0.2, 0.25) is 0 Å². The van der Waals surface area contributed by atoms with Gasteiger partial charge in [0, 0.05) is 46.0 Å². The fraction of sp³-hybridized carbons (Fsp3) is 1.00. The van der Waals surface area contributed by atoms with Gasteiger partial charge in [-0.05, 0) is 66.2 Å². The van der Waals surface area contributed by atoms with Crippen molar-refractivity contribution in [3.63, 3.8) is 0 Å². The van der Waals surface area contributed by atoms with Crippen molar-refractivity contribution in [3.8, 4) is 0 Å². The highest BCUT2D eigenvalue weighted by Crippen LogP contribution is 2.23. The third-order valence-corrected chi connectivity index (χ3v) is 8.50. The van der Waals surface area contributed by atoms with E-state index in [9.17, 15) is 0 Å². The molecule has 0 saturated carbocycles. The van der Waals surface area contributed by atoms with Gasteiger partial charge in [-0.1, -0.05) is 6.92 Å². The standard InChI is InChI=1S/C19H44N4O3Si/c1-5-19(27(24-6-2,25-7-3)26-8-4)23-17-10-13-21-15-14-20-11-9-12-22-16-18-23/h19-22H,5-18H2,1-4H3. The van der Waals surface area contributed by atoms with E-state index in [0.717, 1.165) is 71.6 Å². The minimum absolute atomic E-state index is 0.203. The molecule has 7 nitrogen and oxygen atoms in total. The monoisotopic (exact) mass is 404 g/mol. The molecule has 162 valence electrons. The minimum Gasteiger partial charge on any atom is -0.373 e. The summed E-state index contributed by atoms with van der Waals surface area (Å²) in [6.07, 6.45) is 3.25. The first kappa shape index (κ1) is 25.0. The van der Waals surface area contributed by atoms with Crippen LogP contribution in [0.4, 0.5) is 0 Å². The van der Waals surface area contributed by atoms with E-state index in [1.807, 2.05) is 20.8 Å². The predicted octanol–water partition coefficient (Wildman–Crippen LogP) is 1.22. The van der Waals surface area contributed by atoms with E-state index >= 15 is 0 Å². The molecule has 0 radical (unpaired) electrons. The molecular weight excluding hydrogens is 360 g/mol. The van der Waals surface area contributed by atoms with Gasteiger partial charge in [0.25, 0.3) is 0 Å². The molecule has 1 heterocycles. The zero-order chi connectivity index (χ0) is 19.8. The molecule has 1 unspecified atom stereocenters. The zero-order valence-electron chi connectivity index (χ0n) is 18.1. The van der Waals surface area contributed by atoms with Gasteiger partial charge in [0.15, 0.2) is 0 Å². The molecule has 1 atom stereocenters. The van der Waals surface area contributed by atoms with Crippen LogP contribution in [0.2, 0.25) is 0 Å². The molecule has 3 N–H and O–H groups in total. The SMILES string of the molecule is CCO[Si](OCC)(OCC)C(CC)N1CCCNCCNCCCNCC1. The molecule has 0 aliphatic carbocycles. The zero-order valence-corrected chi connectivity index (χ0v) is 19.1. The number of rotatable bonds is 9. The molecule has 1 rings (SSSR count). The van der Waals surface area contributed by atoms with E-state index in [4.69, 9.17) is 13.3 Å². The van der Waals surface area contributed by atoms with Crippen LogP contribution in [0.3, 0.4) is 0 Å². The highest BCUT2D eigenvalue weighted by Gasteiger charge is 2.50. The Kier molecular flexibility index (Phi) is 14.6. The average Bonchev–Trinajstić information content (AvgIpc) is 2.65. The Bertz CT molecular complexity index is 322. The van der Waals surface area contributed by atoms with E-state index < -0.39 is 8.80 Å². The van der Waals surface area contributed by atoms with Crippen molar-refractivity contribution >= 4 is 8.80 Å². The number of hydrogen-bond donors (Lipinski definition) is 3. The van der Waals surface area contributed by atoms with Gasteiger partial charge in [0.05, 0.1) is 5.67 Å². The quantitative estimate of drug-likeness (QED) is 0.499. The molecule has 0 aromatic carbocycles. The van der Waals surface area contributed by atoms with Crippen molar-refractivity contribution in [2.75, 3.05) is 72.2 Å². The van der Waals surface area contributed by atoms with Gasteiger partial charge in [0.1, 0.15) is 0 Å². The van der Waals surface area contributed by atoms with Gasteiger partial charge >= 0.3 is 8.80 Å². The summed E-state index contributed by atoms with van der Waals surface area (Å²) in [6, 6.07) is 0. The lowest BCUT2D eigenvalue weighted by Gasteiger charge is -2.41. The normalized spacial score (nSPS) is 20.9. The molecule has 27 heavy (non-hydrogen) atoms. The Hall–Kier alpha value is -0.0631. The Morgan fingerprint density at radius 1 is 0.704 bits per heavy atom. The average molecular weight is 405 g/mol. The first-order chi connectivity index (χ1) is 13.2. The molecule has 1 aliphatic rings. The van der Waals surface area contributed by atoms with Gasteiger partial charge in [-0.25, -0.2) is 0 Å². The van der Waals surface area contributed by atoms with Crippen LogP contribution < -0.4 is 16.0 Å². The molecule has 1 fully saturated rings. The van der Waals surface area contributed by atoms with Crippen molar-refractivity contribution in [3.05, 3.63) is 0 Å². The van der Waals surface area contributed by atoms with Crippen molar-refractivity contribution in [2.24, 2.45) is 0 Å². The largest absolute Gasteiger partial charge is 0.519 e. The third kappa shape index (κ3) is 9.32. The summed E-state index contributed by atoms with van der Waals surface area (Å²) in [6.45, 7) is 18.5. The molecule has 0 spiro atoms. The first-order valence-corrected chi connectivity index (χ1v) is 12.8. The summed E-state index contributed by atoms with van der Waals surface area (Å²) in [5.74, 6) is 0. The molecule has 1 aliphatic heterocycles. The Labute approximate surface area is 168 Å². The predicted molar refractivity (Wildman–Crippen MR) is 114 cm³/mol. The van der Waals surface area contributed by atoms with Crippen molar-refractivity contribution in [2.45, 2.75) is 52.6 Å². The van der Waals surface area contributed by atoms with E-state index in [0.29, 0.717) is 19.8 Å². The van der Waals surface area contributed by atoms with Gasteiger partial charge < -0.3 is 29.2 Å². The summed E-state index contributed by atoms with van der Waals surface area (Å²) in [4.78, 5) is 2.55. The maximum absolute atomic E-state index is 6.23. The van der Waals surface area contributed by atoms with Crippen LogP contribution in [0.25, 0.3) is 0 Å². The van der Waals surface area contributed by atoms with Crippen LogP contribution in [0, 0.1) is 0 Å². The smallest absolute Gasteiger partial charge is 0.373 e. The molecule has 0 aromatic heterocycles. The number of hydrogen-bond acceptors (Lipinski definition) is 7. The second kappa shape index (κ2) is 15.8. The minimum atomic E-state index is -2.75. The Morgan fingerprint density at radius 2 is 1.22 bits per heavy atom. The summed E-state index contributed by atoms with van der Waals surface area (Å²) in [7, 11) is -2.75. The molecule has 1 saturated heterocycles. The molecule has 0 aromatic rings. The number of nitrogens with zero attached hydrogens (tertiary/aromatic N) is 1. The van der Waals surface area contributed by atoms with Crippen LogP contribution in [0.15, 0.2) is 0 Å². The maximum atomic E-state index is 6.23. The summed E-state index contributed by atoms with van der Waals surface area (Å²) >= 11 is 0. The van der Waals surface area contributed by atoms with Crippen molar-refractivity contribution < 1.29 is 13.3 Å². The first-order valence-electron chi connectivity index (χ1n) is 11.0. The fourth-order valence-corrected chi connectivity index (χ4v) is 6.93. The topological polar surface area (TPSA) is 67.0 Å². The summed E-state index contributed by atoms with van der Waals surface area (Å²) < 4.78 is 18.7. The summed E-state index contributed by atoms with van der Waals surface area (Å²) in [5.41, 5.74) is 0.203. The Morgan fingerprint density at radius 3 is 1.74 bits per heavy atom. The summed E-state index contributed by atoms with van der Waals surface area (Å²) in [5, 5.41) is 10.6. The molecule has 8 heteroatoms. The van der Waals surface area contributed by atoms with Crippen LogP contribution >= 0.6 is 0 Å². The fourth-order valence-electron chi connectivity index (χ4n) is 3.69. The molecule has 0 amide bonds. The highest BCUT2D eigenvalue weighted by atomic mass is 28.4. The van der Waals surface area contributed by atoms with Crippen LogP contribution in [-0.2, 0) is 13.3 Å². The second-order valence-electron chi connectivity index (χ2n) is 6.82. The lowest BCUT2D eigenvalue weighted by molar-refractivity contribution is 0.0335. The van der Waals surface area contributed by atoms with Crippen molar-refractivity contribution in [1.82, 2.24) is 20.9 Å². The van der Waals surface area contributed by atoms with Crippen LogP contribution in [0.1, 0.15) is 47.0 Å². The van der Waals surface area contributed by atoms with Crippen LogP contribution in [-0.4, -0.2) is 91.5 Å². The second-order valence-corrected chi connectivity index (χ2v) is 9.56. The van der Waals surface area contributed by atoms with Gasteiger partial charge in [-0.3, -0.25) is 4.90 Å². The lowest BCUT2D eigenvalue weighted by Crippen LogP contribution is -2.63. The van der Waals surface area contributed by atoms with E-state index in [-0.39, 0.29) is 5.67 Å². The number of nitrogens with one attached hydrogen (secondary N) is 3. The van der Waals surface area contributed by atoms with Crippen LogP contribution in [0.5, 0.6) is 0 Å². The van der Waals surface area contributed by atoms with Crippen molar-refractivity contribution in [1.29, 1.82) is 0 Å². The van der Waals surface area contributed by atoms with E-state index in [1.54, 1.807) is 0 Å². The molecule has 0 bridgehead atoms. The third-order valence-electron chi connectivity index (χ3n) is 4.83. The van der Waals surface area contributed by atoms with E-state index in [2.05, 4.69) is 27.8 Å². The van der Waals surface area contributed by atoms with E-state index in [1.165, 1.54) is 0 Å². The lowest BCUT2D eigenvalue weighted by atomic mass is 10.3. The maximum Gasteiger partial charge on any atom is 0.519 e.